The molecule has 2 aromatic carbocycles. The van der Waals surface area contributed by atoms with Gasteiger partial charge in [-0.1, -0.05) is 12.1 Å². The third-order valence-electron chi connectivity index (χ3n) is 3.89. The minimum Gasteiger partial charge on any atom is -0.497 e. The minimum atomic E-state index is -0.442. The molecule has 0 aliphatic rings. The Morgan fingerprint density at radius 2 is 1.68 bits per heavy atom. The van der Waals surface area contributed by atoms with Crippen LogP contribution in [0, 0.1) is 0 Å². The number of hydrogen-bond donors (Lipinski definition) is 0. The largest absolute Gasteiger partial charge is 0.497 e. The number of carbonyl (C=O) groups excluding carboxylic acids is 1. The lowest BCUT2D eigenvalue weighted by Crippen LogP contribution is -2.13. The van der Waals surface area contributed by atoms with E-state index >= 15 is 0 Å². The number of methoxy groups -OCH3 is 2. The summed E-state index contributed by atoms with van der Waals surface area (Å²) in [5.74, 6) is 0.842. The van der Waals surface area contributed by atoms with Crippen molar-refractivity contribution in [3.63, 3.8) is 0 Å². The highest BCUT2D eigenvalue weighted by Crippen LogP contribution is 2.37. The van der Waals surface area contributed by atoms with Crippen LogP contribution < -0.4 is 9.47 Å². The van der Waals surface area contributed by atoms with Gasteiger partial charge >= 0.3 is 5.97 Å². The average molecular weight is 339 g/mol. The normalized spacial score (nSPS) is 10.9. The topological polar surface area (TPSA) is 49.7 Å². The number of aromatic nitrogens is 1. The van der Waals surface area contributed by atoms with Gasteiger partial charge in [-0.2, -0.15) is 0 Å². The van der Waals surface area contributed by atoms with Gasteiger partial charge in [0.2, 0.25) is 0 Å². The van der Waals surface area contributed by atoms with E-state index < -0.39 is 5.97 Å². The summed E-state index contributed by atoms with van der Waals surface area (Å²) in [6.45, 7) is 3.86. The van der Waals surface area contributed by atoms with E-state index in [9.17, 15) is 4.79 Å². The lowest BCUT2D eigenvalue weighted by molar-refractivity contribution is 0.0585. The predicted molar refractivity (Wildman–Crippen MR) is 96.9 cm³/mol. The van der Waals surface area contributed by atoms with Gasteiger partial charge in [-0.15, -0.1) is 0 Å². The van der Waals surface area contributed by atoms with E-state index in [1.165, 1.54) is 7.11 Å². The van der Waals surface area contributed by atoms with Crippen LogP contribution in [0.2, 0.25) is 0 Å². The van der Waals surface area contributed by atoms with Crippen molar-refractivity contribution in [3.8, 4) is 17.2 Å². The first-order valence-electron chi connectivity index (χ1n) is 8.09. The van der Waals surface area contributed by atoms with Crippen molar-refractivity contribution in [1.82, 2.24) is 4.57 Å². The van der Waals surface area contributed by atoms with Crippen molar-refractivity contribution in [3.05, 3.63) is 54.2 Å². The fourth-order valence-corrected chi connectivity index (χ4v) is 2.85. The Morgan fingerprint density at radius 1 is 1.00 bits per heavy atom. The number of benzene rings is 2. The molecule has 0 amide bonds. The van der Waals surface area contributed by atoms with Crippen LogP contribution in [0.15, 0.2) is 48.5 Å². The zero-order valence-corrected chi connectivity index (χ0v) is 14.8. The molecule has 0 atom stereocenters. The lowest BCUT2D eigenvalue weighted by Gasteiger charge is -2.13. The van der Waals surface area contributed by atoms with Crippen molar-refractivity contribution in [1.29, 1.82) is 0 Å². The van der Waals surface area contributed by atoms with Crippen LogP contribution in [0.1, 0.15) is 24.3 Å². The van der Waals surface area contributed by atoms with E-state index in [2.05, 4.69) is 0 Å². The van der Waals surface area contributed by atoms with Gasteiger partial charge in [-0.25, -0.2) is 4.79 Å². The number of carbonyl (C=O) groups is 1. The van der Waals surface area contributed by atoms with Crippen molar-refractivity contribution >= 4 is 16.9 Å². The molecule has 0 saturated heterocycles. The maximum absolute atomic E-state index is 12.6. The molecule has 0 unspecified atom stereocenters. The zero-order valence-electron chi connectivity index (χ0n) is 14.8. The highest BCUT2D eigenvalue weighted by molar-refractivity contribution is 6.03. The molecule has 1 aromatic heterocycles. The SMILES string of the molecule is COC(=O)c1c(OC(C)C)c2ccccc2n1-c1ccc(OC)cc1. The molecular weight excluding hydrogens is 318 g/mol. The molecule has 3 rings (SSSR count). The standard InChI is InChI=1S/C20H21NO4/c1-13(2)25-19-16-7-5-6-8-17(16)21(18(19)20(22)24-4)14-9-11-15(23-3)12-10-14/h5-13H,1-4H3. The molecule has 5 heteroatoms. The Bertz CT molecular complexity index is 894. The molecule has 0 N–H and O–H groups in total. The number of rotatable bonds is 5. The number of nitrogens with zero attached hydrogens (tertiary/aromatic N) is 1. The van der Waals surface area contributed by atoms with Crippen molar-refractivity contribution in [2.24, 2.45) is 0 Å². The van der Waals surface area contributed by atoms with Gasteiger partial charge < -0.3 is 18.8 Å². The maximum atomic E-state index is 12.6. The molecule has 0 fully saturated rings. The van der Waals surface area contributed by atoms with E-state index in [1.807, 2.05) is 66.9 Å². The molecule has 1 heterocycles. The number of hydrogen-bond acceptors (Lipinski definition) is 4. The Morgan fingerprint density at radius 3 is 2.28 bits per heavy atom. The number of fused-ring (bicyclic) bond motifs is 1. The molecule has 0 aliphatic heterocycles. The van der Waals surface area contributed by atoms with E-state index in [4.69, 9.17) is 14.2 Å². The molecule has 130 valence electrons. The lowest BCUT2D eigenvalue weighted by atomic mass is 10.2. The molecule has 0 aliphatic carbocycles. The van der Waals surface area contributed by atoms with Crippen LogP contribution in [-0.2, 0) is 4.74 Å². The van der Waals surface area contributed by atoms with Crippen molar-refractivity contribution in [2.45, 2.75) is 20.0 Å². The average Bonchev–Trinajstić information content (AvgIpc) is 2.95. The smallest absolute Gasteiger partial charge is 0.358 e. The van der Waals surface area contributed by atoms with Gasteiger partial charge in [0.05, 0.1) is 25.8 Å². The van der Waals surface area contributed by atoms with Crippen LogP contribution >= 0.6 is 0 Å². The monoisotopic (exact) mass is 339 g/mol. The fourth-order valence-electron chi connectivity index (χ4n) is 2.85. The molecule has 0 bridgehead atoms. The first-order chi connectivity index (χ1) is 12.1. The maximum Gasteiger partial charge on any atom is 0.358 e. The molecular formula is C20H21NO4. The van der Waals surface area contributed by atoms with Gasteiger partial charge in [0, 0.05) is 11.1 Å². The quantitative estimate of drug-likeness (QED) is 0.653. The third kappa shape index (κ3) is 3.05. The molecule has 0 spiro atoms. The summed E-state index contributed by atoms with van der Waals surface area (Å²) >= 11 is 0. The van der Waals surface area contributed by atoms with Gasteiger partial charge in [-0.3, -0.25) is 0 Å². The molecule has 25 heavy (non-hydrogen) atoms. The van der Waals surface area contributed by atoms with Crippen LogP contribution in [0.3, 0.4) is 0 Å². The van der Waals surface area contributed by atoms with Crippen LogP contribution in [-0.4, -0.2) is 30.9 Å². The van der Waals surface area contributed by atoms with E-state index in [1.54, 1.807) is 7.11 Å². The Balaban J connectivity index is 2.33. The highest BCUT2D eigenvalue weighted by atomic mass is 16.5. The number of ether oxygens (including phenoxy) is 3. The summed E-state index contributed by atoms with van der Waals surface area (Å²) in [5, 5.41) is 0.868. The Kier molecular flexibility index (Phi) is 4.65. The van der Waals surface area contributed by atoms with Crippen molar-refractivity contribution in [2.75, 3.05) is 14.2 Å². The molecule has 5 nitrogen and oxygen atoms in total. The van der Waals surface area contributed by atoms with Gasteiger partial charge in [0.1, 0.15) is 5.75 Å². The van der Waals surface area contributed by atoms with Crippen LogP contribution in [0.5, 0.6) is 11.5 Å². The second kappa shape index (κ2) is 6.89. The van der Waals surface area contributed by atoms with Gasteiger partial charge in [-0.05, 0) is 50.2 Å². The van der Waals surface area contributed by atoms with E-state index in [-0.39, 0.29) is 6.10 Å². The summed E-state index contributed by atoms with van der Waals surface area (Å²) in [4.78, 5) is 12.6. The van der Waals surface area contributed by atoms with Crippen molar-refractivity contribution < 1.29 is 19.0 Å². The van der Waals surface area contributed by atoms with Gasteiger partial charge in [0.15, 0.2) is 11.4 Å². The van der Waals surface area contributed by atoms with E-state index in [0.29, 0.717) is 11.4 Å². The summed E-state index contributed by atoms with van der Waals surface area (Å²) < 4.78 is 18.1. The first-order valence-corrected chi connectivity index (χ1v) is 8.09. The Hall–Kier alpha value is -2.95. The Labute approximate surface area is 146 Å². The fraction of sp³-hybridized carbons (Fsp3) is 0.250. The second-order valence-corrected chi connectivity index (χ2v) is 5.89. The first kappa shape index (κ1) is 16.9. The molecule has 0 saturated carbocycles. The summed E-state index contributed by atoms with van der Waals surface area (Å²) in [7, 11) is 2.99. The second-order valence-electron chi connectivity index (χ2n) is 5.89. The van der Waals surface area contributed by atoms with Crippen LogP contribution in [0.4, 0.5) is 0 Å². The summed E-state index contributed by atoms with van der Waals surface area (Å²) in [5.41, 5.74) is 2.09. The third-order valence-corrected chi connectivity index (χ3v) is 3.89. The zero-order chi connectivity index (χ0) is 18.0. The number of para-hydroxylation sites is 1. The summed E-state index contributed by atoms with van der Waals surface area (Å²) in [6, 6.07) is 15.3. The minimum absolute atomic E-state index is 0.0708. The number of esters is 1. The highest BCUT2D eigenvalue weighted by Gasteiger charge is 2.26. The summed E-state index contributed by atoms with van der Waals surface area (Å²) in [6.07, 6.45) is -0.0708. The molecule has 3 aromatic rings. The predicted octanol–water partition coefficient (Wildman–Crippen LogP) is 4.21. The van der Waals surface area contributed by atoms with E-state index in [0.717, 1.165) is 22.3 Å². The van der Waals surface area contributed by atoms with Gasteiger partial charge in [0.25, 0.3) is 0 Å². The van der Waals surface area contributed by atoms with Crippen LogP contribution in [0.25, 0.3) is 16.6 Å². The molecule has 0 radical (unpaired) electrons.